The van der Waals surface area contributed by atoms with E-state index in [4.69, 9.17) is 0 Å². The van der Waals surface area contributed by atoms with Gasteiger partial charge in [-0.3, -0.25) is 19.4 Å². The van der Waals surface area contributed by atoms with E-state index in [1.807, 2.05) is 11.5 Å². The van der Waals surface area contributed by atoms with Crippen LogP contribution in [0.2, 0.25) is 0 Å². The van der Waals surface area contributed by atoms with Gasteiger partial charge in [-0.15, -0.1) is 5.10 Å². The van der Waals surface area contributed by atoms with Crippen molar-refractivity contribution >= 4 is 22.9 Å². The number of thioether (sulfide) groups is 1. The van der Waals surface area contributed by atoms with Crippen LogP contribution in [0.1, 0.15) is 70.4 Å². The van der Waals surface area contributed by atoms with Crippen molar-refractivity contribution < 1.29 is 0 Å². The molecule has 0 aliphatic heterocycles. The van der Waals surface area contributed by atoms with Gasteiger partial charge in [0.25, 0.3) is 5.56 Å². The number of H-pyrrole nitrogens is 2. The highest BCUT2D eigenvalue weighted by Crippen LogP contribution is 2.28. The summed E-state index contributed by atoms with van der Waals surface area (Å²) in [6.07, 6.45) is 9.30. The first kappa shape index (κ1) is 21.9. The Balaban J connectivity index is 1.51. The summed E-state index contributed by atoms with van der Waals surface area (Å²) in [4.78, 5) is 36.6. The van der Waals surface area contributed by atoms with Gasteiger partial charge in [-0.05, 0) is 25.7 Å². The Morgan fingerprint density at radius 2 is 1.94 bits per heavy atom. The third-order valence-electron chi connectivity index (χ3n) is 6.12. The molecule has 0 radical (unpaired) electrons. The molecule has 1 aliphatic carbocycles. The maximum atomic E-state index is 12.5. The van der Waals surface area contributed by atoms with Crippen LogP contribution < -0.4 is 11.2 Å². The van der Waals surface area contributed by atoms with Crippen molar-refractivity contribution in [2.24, 2.45) is 5.92 Å². The molecule has 9 nitrogen and oxygen atoms in total. The molecular weight excluding hydrogens is 414 g/mol. The fraction of sp³-hybridized carbons (Fsp3) is 0.667. The summed E-state index contributed by atoms with van der Waals surface area (Å²) >= 11 is 1.49. The van der Waals surface area contributed by atoms with Crippen LogP contribution in [-0.2, 0) is 25.3 Å². The van der Waals surface area contributed by atoms with Crippen LogP contribution in [0, 0.1) is 5.92 Å². The third-order valence-corrected chi connectivity index (χ3v) is 6.97. The number of hydrogen-bond acceptors (Lipinski definition) is 6. The van der Waals surface area contributed by atoms with E-state index in [1.165, 1.54) is 43.9 Å². The lowest BCUT2D eigenvalue weighted by atomic mass is 10.0. The van der Waals surface area contributed by atoms with Gasteiger partial charge in [-0.25, -0.2) is 14.8 Å². The number of imidazole rings is 1. The number of rotatable bonds is 10. The first-order valence-corrected chi connectivity index (χ1v) is 12.4. The zero-order chi connectivity index (χ0) is 21.8. The average molecular weight is 446 g/mol. The smallest absolute Gasteiger partial charge is 0.322 e. The maximum Gasteiger partial charge on any atom is 0.330 e. The van der Waals surface area contributed by atoms with Crippen molar-refractivity contribution in [2.45, 2.75) is 89.2 Å². The Morgan fingerprint density at radius 1 is 1.13 bits per heavy atom. The van der Waals surface area contributed by atoms with Crippen molar-refractivity contribution in [3.8, 4) is 0 Å². The lowest BCUT2D eigenvalue weighted by Crippen LogP contribution is -2.31. The molecule has 3 aromatic heterocycles. The van der Waals surface area contributed by atoms with Crippen LogP contribution in [-0.4, -0.2) is 34.3 Å². The first-order valence-electron chi connectivity index (χ1n) is 11.4. The number of aryl methyl sites for hydroxylation is 3. The summed E-state index contributed by atoms with van der Waals surface area (Å²) in [6, 6.07) is 0. The Kier molecular flexibility index (Phi) is 6.94. The van der Waals surface area contributed by atoms with Gasteiger partial charge in [-0.2, -0.15) is 0 Å². The third kappa shape index (κ3) is 4.78. The number of aromatic nitrogens is 7. The SMILES string of the molecule is CCCCn1c(=O)[nH]c(=O)c2c1nc(CSc1n[nH]c(CCC3CCCC3)n1)n2CC. The van der Waals surface area contributed by atoms with E-state index in [0.717, 1.165) is 36.8 Å². The Hall–Kier alpha value is -2.36. The minimum atomic E-state index is -0.397. The summed E-state index contributed by atoms with van der Waals surface area (Å²) in [5, 5.41) is 8.09. The molecule has 1 fully saturated rings. The van der Waals surface area contributed by atoms with Crippen LogP contribution in [0.3, 0.4) is 0 Å². The zero-order valence-corrected chi connectivity index (χ0v) is 19.1. The molecule has 0 aromatic carbocycles. The molecule has 1 saturated carbocycles. The molecule has 4 rings (SSSR count). The molecule has 3 aromatic rings. The summed E-state index contributed by atoms with van der Waals surface area (Å²) in [7, 11) is 0. The number of nitrogens with zero attached hydrogens (tertiary/aromatic N) is 5. The van der Waals surface area contributed by atoms with Gasteiger partial charge >= 0.3 is 5.69 Å². The monoisotopic (exact) mass is 445 g/mol. The summed E-state index contributed by atoms with van der Waals surface area (Å²) in [5.41, 5.74) is 0.144. The lowest BCUT2D eigenvalue weighted by Gasteiger charge is -2.06. The van der Waals surface area contributed by atoms with E-state index in [9.17, 15) is 9.59 Å². The van der Waals surface area contributed by atoms with Gasteiger partial charge in [0.15, 0.2) is 11.2 Å². The molecule has 0 unspecified atom stereocenters. The highest BCUT2D eigenvalue weighted by Gasteiger charge is 2.19. The summed E-state index contributed by atoms with van der Waals surface area (Å²) in [5.74, 6) is 3.04. The Bertz CT molecular complexity index is 1140. The molecule has 1 aliphatic rings. The number of unbranched alkanes of at least 4 members (excludes halogenated alkanes) is 1. The molecule has 10 heteroatoms. The highest BCUT2D eigenvalue weighted by atomic mass is 32.2. The van der Waals surface area contributed by atoms with E-state index >= 15 is 0 Å². The average Bonchev–Trinajstić information content (AvgIpc) is 3.50. The number of fused-ring (bicyclic) bond motifs is 1. The van der Waals surface area contributed by atoms with E-state index in [-0.39, 0.29) is 5.56 Å². The van der Waals surface area contributed by atoms with Gasteiger partial charge in [0, 0.05) is 19.5 Å². The maximum absolute atomic E-state index is 12.5. The number of aromatic amines is 2. The van der Waals surface area contributed by atoms with E-state index in [1.54, 1.807) is 4.57 Å². The molecule has 3 heterocycles. The van der Waals surface area contributed by atoms with Crippen LogP contribution in [0.4, 0.5) is 0 Å². The van der Waals surface area contributed by atoms with E-state index < -0.39 is 5.69 Å². The van der Waals surface area contributed by atoms with Crippen molar-refractivity contribution in [1.29, 1.82) is 0 Å². The second-order valence-electron chi connectivity index (χ2n) is 8.25. The van der Waals surface area contributed by atoms with Crippen LogP contribution >= 0.6 is 11.8 Å². The number of hydrogen-bond donors (Lipinski definition) is 2. The fourth-order valence-electron chi connectivity index (χ4n) is 4.42. The van der Waals surface area contributed by atoms with Crippen molar-refractivity contribution in [3.63, 3.8) is 0 Å². The topological polar surface area (TPSA) is 114 Å². The quantitative estimate of drug-likeness (QED) is 0.463. The zero-order valence-electron chi connectivity index (χ0n) is 18.3. The Morgan fingerprint density at radius 3 is 2.68 bits per heavy atom. The lowest BCUT2D eigenvalue weighted by molar-refractivity contribution is 0.497. The van der Waals surface area contributed by atoms with Crippen molar-refractivity contribution in [3.05, 3.63) is 32.5 Å². The largest absolute Gasteiger partial charge is 0.330 e. The molecule has 0 spiro atoms. The summed E-state index contributed by atoms with van der Waals surface area (Å²) < 4.78 is 3.46. The van der Waals surface area contributed by atoms with Crippen LogP contribution in [0.15, 0.2) is 14.7 Å². The second kappa shape index (κ2) is 9.84. The second-order valence-corrected chi connectivity index (χ2v) is 9.19. The van der Waals surface area contributed by atoms with Gasteiger partial charge in [0.1, 0.15) is 11.6 Å². The van der Waals surface area contributed by atoms with E-state index in [2.05, 4.69) is 32.1 Å². The van der Waals surface area contributed by atoms with Crippen LogP contribution in [0.25, 0.3) is 11.2 Å². The number of nitrogens with one attached hydrogen (secondary N) is 2. The predicted molar refractivity (Wildman–Crippen MR) is 121 cm³/mol. The molecular formula is C21H31N7O2S. The molecule has 2 N–H and O–H groups in total. The standard InChI is InChI=1S/C21H31N7O2S/c1-3-5-12-28-18-17(19(29)24-21(28)30)27(4-2)16(23-18)13-31-20-22-15(25-26-20)11-10-14-8-6-7-9-14/h14H,3-13H2,1-2H3,(H,22,25,26)(H,24,29,30). The van der Waals surface area contributed by atoms with Crippen molar-refractivity contribution in [2.75, 3.05) is 0 Å². The minimum Gasteiger partial charge on any atom is -0.322 e. The van der Waals surface area contributed by atoms with Crippen molar-refractivity contribution in [1.82, 2.24) is 34.3 Å². The van der Waals surface area contributed by atoms with Gasteiger partial charge in [0.2, 0.25) is 5.16 Å². The van der Waals surface area contributed by atoms with E-state index in [0.29, 0.717) is 35.2 Å². The first-order chi connectivity index (χ1) is 15.1. The van der Waals surface area contributed by atoms with Crippen LogP contribution in [0.5, 0.6) is 0 Å². The molecule has 168 valence electrons. The van der Waals surface area contributed by atoms with Gasteiger partial charge in [0.05, 0.1) is 5.75 Å². The summed E-state index contributed by atoms with van der Waals surface area (Å²) in [6.45, 7) is 5.19. The normalized spacial score (nSPS) is 14.8. The molecule has 0 atom stereocenters. The molecule has 0 bridgehead atoms. The van der Waals surface area contributed by atoms with Gasteiger partial charge in [-0.1, -0.05) is 50.8 Å². The van der Waals surface area contributed by atoms with Gasteiger partial charge < -0.3 is 4.57 Å². The minimum absolute atomic E-state index is 0.384. The molecule has 0 amide bonds. The molecule has 31 heavy (non-hydrogen) atoms. The Labute approximate surface area is 185 Å². The highest BCUT2D eigenvalue weighted by molar-refractivity contribution is 7.98. The molecule has 0 saturated heterocycles. The predicted octanol–water partition coefficient (Wildman–Crippen LogP) is 3.24. The fourth-order valence-corrected chi connectivity index (χ4v) is 5.18.